The van der Waals surface area contributed by atoms with Gasteiger partial charge in [0.1, 0.15) is 6.04 Å². The van der Waals surface area contributed by atoms with Gasteiger partial charge in [0.25, 0.3) is 5.91 Å². The summed E-state index contributed by atoms with van der Waals surface area (Å²) in [5, 5.41) is 7.86. The summed E-state index contributed by atoms with van der Waals surface area (Å²) in [6.07, 6.45) is 1.03. The third-order valence-corrected chi connectivity index (χ3v) is 4.67. The van der Waals surface area contributed by atoms with Crippen molar-refractivity contribution in [1.82, 2.24) is 5.32 Å². The van der Waals surface area contributed by atoms with Crippen molar-refractivity contribution >= 4 is 34.2 Å². The monoisotopic (exact) mass is 404 g/mol. The minimum atomic E-state index is -0.704. The fraction of sp³-hybridized carbons (Fsp3) is 0.174. The van der Waals surface area contributed by atoms with Crippen molar-refractivity contribution in [1.29, 1.82) is 0 Å². The Bertz CT molecular complexity index is 1050. The molecule has 3 aromatic carbocycles. The van der Waals surface area contributed by atoms with Crippen LogP contribution >= 0.6 is 0 Å². The molecule has 0 spiro atoms. The molecule has 7 heteroatoms. The first-order valence-corrected chi connectivity index (χ1v) is 9.80. The zero-order valence-corrected chi connectivity index (χ0v) is 16.6. The lowest BCUT2D eigenvalue weighted by Crippen LogP contribution is -2.78. The Morgan fingerprint density at radius 3 is 2.33 bits per heavy atom. The third kappa shape index (κ3) is 5.81. The molecule has 0 aliphatic heterocycles. The van der Waals surface area contributed by atoms with E-state index in [1.807, 2.05) is 48.5 Å². The number of guanidine groups is 1. The Labute approximate surface area is 175 Å². The average molecular weight is 404 g/mol. The Morgan fingerprint density at radius 1 is 0.900 bits per heavy atom. The highest BCUT2D eigenvalue weighted by molar-refractivity contribution is 6.02. The van der Waals surface area contributed by atoms with E-state index in [-0.39, 0.29) is 17.8 Å². The summed E-state index contributed by atoms with van der Waals surface area (Å²) in [6.45, 7) is 0.503. The largest absolute Gasteiger partial charge is 0.340 e. The molecule has 3 aromatic rings. The van der Waals surface area contributed by atoms with Gasteiger partial charge in [-0.3, -0.25) is 26.0 Å². The number of rotatable bonds is 8. The lowest BCUT2D eigenvalue weighted by Gasteiger charge is -2.18. The number of amides is 2. The minimum absolute atomic E-state index is 0.125. The zero-order chi connectivity index (χ0) is 21.3. The van der Waals surface area contributed by atoms with Crippen LogP contribution in [-0.2, 0) is 4.79 Å². The molecule has 0 unspecified atom stereocenters. The van der Waals surface area contributed by atoms with Crippen LogP contribution in [0.1, 0.15) is 23.2 Å². The summed E-state index contributed by atoms with van der Waals surface area (Å²) in [5.41, 5.74) is 12.0. The number of fused-ring (bicyclic) bond motifs is 1. The van der Waals surface area contributed by atoms with Gasteiger partial charge in [0.15, 0.2) is 0 Å². The van der Waals surface area contributed by atoms with Gasteiger partial charge in [0, 0.05) is 11.3 Å². The molecule has 7 N–H and O–H groups in total. The van der Waals surface area contributed by atoms with Crippen molar-refractivity contribution < 1.29 is 14.6 Å². The Kier molecular flexibility index (Phi) is 7.00. The van der Waals surface area contributed by atoms with Crippen LogP contribution in [0.2, 0.25) is 0 Å². The Hall–Kier alpha value is -3.87. The quantitative estimate of drug-likeness (QED) is 0.215. The molecule has 0 saturated carbocycles. The predicted molar refractivity (Wildman–Crippen MR) is 119 cm³/mol. The van der Waals surface area contributed by atoms with Crippen molar-refractivity contribution in [3.63, 3.8) is 0 Å². The van der Waals surface area contributed by atoms with E-state index in [1.54, 1.807) is 24.3 Å². The molecule has 30 heavy (non-hydrogen) atoms. The molecule has 0 saturated heterocycles. The first kappa shape index (κ1) is 20.9. The van der Waals surface area contributed by atoms with Gasteiger partial charge in [-0.25, -0.2) is 0 Å². The first-order valence-electron chi connectivity index (χ1n) is 9.80. The van der Waals surface area contributed by atoms with Gasteiger partial charge in [-0.1, -0.05) is 48.5 Å². The lowest BCUT2D eigenvalue weighted by atomic mass is 10.1. The molecule has 154 valence electrons. The average Bonchev–Trinajstić information content (AvgIpc) is 2.76. The highest BCUT2D eigenvalue weighted by Gasteiger charge is 2.21. The maximum atomic E-state index is 12.9. The molecule has 0 bridgehead atoms. The third-order valence-electron chi connectivity index (χ3n) is 4.67. The highest BCUT2D eigenvalue weighted by Crippen LogP contribution is 2.19. The van der Waals surface area contributed by atoms with Crippen molar-refractivity contribution in [2.75, 3.05) is 11.9 Å². The van der Waals surface area contributed by atoms with Crippen LogP contribution in [-0.4, -0.2) is 30.4 Å². The van der Waals surface area contributed by atoms with E-state index in [1.165, 1.54) is 0 Å². The maximum Gasteiger partial charge on any atom is 0.338 e. The van der Waals surface area contributed by atoms with Crippen LogP contribution in [0.5, 0.6) is 0 Å². The smallest absolute Gasteiger partial charge is 0.338 e. The molecule has 0 radical (unpaired) electrons. The number of benzene rings is 3. The topological polar surface area (TPSA) is 124 Å². The summed E-state index contributed by atoms with van der Waals surface area (Å²) in [6, 6.07) is 21.7. The molecule has 1 atom stereocenters. The summed E-state index contributed by atoms with van der Waals surface area (Å²) in [5.74, 6) is -0.452. The molecule has 7 nitrogen and oxygen atoms in total. The number of hydrogen-bond donors (Lipinski definition) is 5. The number of anilines is 1. The molecule has 0 fully saturated rings. The van der Waals surface area contributed by atoms with Gasteiger partial charge in [-0.15, -0.1) is 0 Å². The molecular formula is C23H26N5O2+. The molecular weight excluding hydrogens is 378 g/mol. The summed E-state index contributed by atoms with van der Waals surface area (Å²) in [4.78, 5) is 28.3. The van der Waals surface area contributed by atoms with E-state index < -0.39 is 6.04 Å². The first-order chi connectivity index (χ1) is 14.5. The number of carbonyl (C=O) groups excluding carboxylic acids is 2. The van der Waals surface area contributed by atoms with E-state index in [0.29, 0.717) is 30.6 Å². The summed E-state index contributed by atoms with van der Waals surface area (Å²) in [7, 11) is 0. The van der Waals surface area contributed by atoms with Gasteiger partial charge in [0.05, 0.1) is 6.54 Å². The van der Waals surface area contributed by atoms with Crippen molar-refractivity contribution in [2.45, 2.75) is 18.9 Å². The van der Waals surface area contributed by atoms with Crippen LogP contribution in [0, 0.1) is 0 Å². The second-order valence-corrected chi connectivity index (χ2v) is 6.97. The van der Waals surface area contributed by atoms with Crippen molar-refractivity contribution in [3.05, 3.63) is 78.4 Å². The SMILES string of the molecule is NC(N)=[NH+]CCC[C@@H](NC(=O)c1ccccc1)C(=O)Nc1ccc2ccccc2c1. The normalized spacial score (nSPS) is 11.5. The van der Waals surface area contributed by atoms with Gasteiger partial charge >= 0.3 is 5.96 Å². The fourth-order valence-corrected chi connectivity index (χ4v) is 3.14. The van der Waals surface area contributed by atoms with E-state index >= 15 is 0 Å². The second kappa shape index (κ2) is 10.1. The standard InChI is InChI=1S/C23H25N5O2/c24-23(25)26-14-6-11-20(28-21(29)17-8-2-1-3-9-17)22(30)27-19-13-12-16-7-4-5-10-18(16)15-19/h1-5,7-10,12-13,15,20H,6,11,14H2,(H,27,30)(H,28,29)(H4,24,25,26)/p+1/t20-/m1/s1. The Balaban J connectivity index is 1.72. The van der Waals surface area contributed by atoms with Gasteiger partial charge in [-0.2, -0.15) is 0 Å². The summed E-state index contributed by atoms with van der Waals surface area (Å²) < 4.78 is 0. The van der Waals surface area contributed by atoms with Crippen LogP contribution < -0.4 is 27.1 Å². The van der Waals surface area contributed by atoms with Crippen LogP contribution in [0.15, 0.2) is 72.8 Å². The molecule has 2 amide bonds. The van der Waals surface area contributed by atoms with E-state index in [4.69, 9.17) is 11.5 Å². The van der Waals surface area contributed by atoms with Crippen LogP contribution in [0.3, 0.4) is 0 Å². The fourth-order valence-electron chi connectivity index (χ4n) is 3.14. The zero-order valence-electron chi connectivity index (χ0n) is 16.6. The number of nitrogens with one attached hydrogen (secondary N) is 3. The number of carbonyl (C=O) groups is 2. The van der Waals surface area contributed by atoms with E-state index in [0.717, 1.165) is 10.8 Å². The summed E-state index contributed by atoms with van der Waals surface area (Å²) >= 11 is 0. The predicted octanol–water partition coefficient (Wildman–Crippen LogP) is 0.711. The van der Waals surface area contributed by atoms with Gasteiger partial charge in [0.2, 0.25) is 5.91 Å². The van der Waals surface area contributed by atoms with Crippen LogP contribution in [0.4, 0.5) is 5.69 Å². The van der Waals surface area contributed by atoms with Crippen molar-refractivity contribution in [3.8, 4) is 0 Å². The number of nitrogens with two attached hydrogens (primary N) is 2. The maximum absolute atomic E-state index is 12.9. The minimum Gasteiger partial charge on any atom is -0.340 e. The second-order valence-electron chi connectivity index (χ2n) is 6.97. The number of hydrogen-bond acceptors (Lipinski definition) is 2. The molecule has 3 rings (SSSR count). The molecule has 0 aliphatic carbocycles. The van der Waals surface area contributed by atoms with Gasteiger partial charge < -0.3 is 10.6 Å². The van der Waals surface area contributed by atoms with Crippen LogP contribution in [0.25, 0.3) is 10.8 Å². The highest BCUT2D eigenvalue weighted by atomic mass is 16.2. The van der Waals surface area contributed by atoms with E-state index in [2.05, 4.69) is 15.6 Å². The Morgan fingerprint density at radius 2 is 1.60 bits per heavy atom. The lowest BCUT2D eigenvalue weighted by molar-refractivity contribution is -0.459. The van der Waals surface area contributed by atoms with Gasteiger partial charge in [-0.05, 0) is 47.9 Å². The molecule has 0 heterocycles. The van der Waals surface area contributed by atoms with Crippen molar-refractivity contribution in [2.24, 2.45) is 11.5 Å². The molecule has 0 aliphatic rings. The molecule has 0 aromatic heterocycles. The van der Waals surface area contributed by atoms with E-state index in [9.17, 15) is 9.59 Å².